The van der Waals surface area contributed by atoms with Crippen molar-refractivity contribution < 1.29 is 9.59 Å². The van der Waals surface area contributed by atoms with Crippen LogP contribution < -0.4 is 21.3 Å². The molecule has 1 aliphatic heterocycles. The zero-order valence-corrected chi connectivity index (χ0v) is 15.0. The normalized spacial score (nSPS) is 16.6. The Morgan fingerprint density at radius 1 is 0.885 bits per heavy atom. The van der Waals surface area contributed by atoms with Gasteiger partial charge >= 0.3 is 6.03 Å². The molecule has 0 aliphatic carbocycles. The third-order valence-corrected chi connectivity index (χ3v) is 4.43. The molecule has 1 heterocycles. The van der Waals surface area contributed by atoms with Crippen molar-refractivity contribution in [3.8, 4) is 0 Å². The van der Waals surface area contributed by atoms with Gasteiger partial charge in [0, 0.05) is 28.6 Å². The molecule has 0 saturated carbocycles. The van der Waals surface area contributed by atoms with Gasteiger partial charge in [-0.05, 0) is 67.9 Å². The zero-order valence-electron chi connectivity index (χ0n) is 14.2. The SMILES string of the molecule is O=C(Nc1ccc(Cl)cc1)Nc1ccc(NC(=O)C2CCCNC2)cc1. The summed E-state index contributed by atoms with van der Waals surface area (Å²) in [6.07, 6.45) is 1.92. The van der Waals surface area contributed by atoms with Crippen molar-refractivity contribution in [2.24, 2.45) is 5.92 Å². The first-order chi connectivity index (χ1) is 12.6. The second-order valence-corrected chi connectivity index (χ2v) is 6.63. The van der Waals surface area contributed by atoms with Crippen LogP contribution in [0.2, 0.25) is 5.02 Å². The van der Waals surface area contributed by atoms with Crippen molar-refractivity contribution in [3.63, 3.8) is 0 Å². The molecule has 0 bridgehead atoms. The molecule has 2 aromatic carbocycles. The summed E-state index contributed by atoms with van der Waals surface area (Å²) < 4.78 is 0. The highest BCUT2D eigenvalue weighted by Crippen LogP contribution is 2.18. The summed E-state index contributed by atoms with van der Waals surface area (Å²) in [6, 6.07) is 13.5. The van der Waals surface area contributed by atoms with Crippen LogP contribution in [0.4, 0.5) is 21.9 Å². The lowest BCUT2D eigenvalue weighted by Crippen LogP contribution is -2.37. The van der Waals surface area contributed by atoms with Crippen LogP contribution in [0.3, 0.4) is 0 Å². The maximum Gasteiger partial charge on any atom is 0.323 e. The van der Waals surface area contributed by atoms with Gasteiger partial charge in [-0.2, -0.15) is 0 Å². The zero-order chi connectivity index (χ0) is 18.4. The van der Waals surface area contributed by atoms with Gasteiger partial charge < -0.3 is 21.3 Å². The average Bonchev–Trinajstić information content (AvgIpc) is 2.66. The molecule has 26 heavy (non-hydrogen) atoms. The molecular formula is C19H21ClN4O2. The Balaban J connectivity index is 1.51. The molecule has 1 atom stereocenters. The Labute approximate surface area is 157 Å². The van der Waals surface area contributed by atoms with E-state index in [0.29, 0.717) is 22.1 Å². The number of halogens is 1. The Hall–Kier alpha value is -2.57. The number of rotatable bonds is 4. The maximum atomic E-state index is 12.2. The van der Waals surface area contributed by atoms with Gasteiger partial charge in [0.2, 0.25) is 5.91 Å². The first-order valence-corrected chi connectivity index (χ1v) is 8.93. The summed E-state index contributed by atoms with van der Waals surface area (Å²) >= 11 is 5.82. The van der Waals surface area contributed by atoms with Crippen LogP contribution in [0, 0.1) is 5.92 Å². The fourth-order valence-corrected chi connectivity index (χ4v) is 2.91. The predicted molar refractivity (Wildman–Crippen MR) is 105 cm³/mol. The monoisotopic (exact) mass is 372 g/mol. The molecule has 6 nitrogen and oxygen atoms in total. The Morgan fingerprint density at radius 2 is 1.42 bits per heavy atom. The third kappa shape index (κ3) is 5.21. The summed E-state index contributed by atoms with van der Waals surface area (Å²) in [5, 5.41) is 12.2. The van der Waals surface area contributed by atoms with Crippen molar-refractivity contribution in [2.45, 2.75) is 12.8 Å². The van der Waals surface area contributed by atoms with Crippen LogP contribution in [0.5, 0.6) is 0 Å². The van der Waals surface area contributed by atoms with Crippen LogP contribution in [-0.2, 0) is 4.79 Å². The molecule has 1 aliphatic rings. The van der Waals surface area contributed by atoms with Gasteiger partial charge in [-0.25, -0.2) is 4.79 Å². The van der Waals surface area contributed by atoms with E-state index in [-0.39, 0.29) is 17.9 Å². The van der Waals surface area contributed by atoms with E-state index in [1.54, 1.807) is 48.5 Å². The van der Waals surface area contributed by atoms with Gasteiger partial charge in [-0.1, -0.05) is 11.6 Å². The lowest BCUT2D eigenvalue weighted by Gasteiger charge is -2.21. The number of carbonyl (C=O) groups excluding carboxylic acids is 2. The largest absolute Gasteiger partial charge is 0.326 e. The van der Waals surface area contributed by atoms with E-state index >= 15 is 0 Å². The number of nitrogens with one attached hydrogen (secondary N) is 4. The minimum Gasteiger partial charge on any atom is -0.326 e. The van der Waals surface area contributed by atoms with Gasteiger partial charge in [-0.15, -0.1) is 0 Å². The smallest absolute Gasteiger partial charge is 0.323 e. The van der Waals surface area contributed by atoms with Gasteiger partial charge in [-0.3, -0.25) is 4.79 Å². The highest BCUT2D eigenvalue weighted by atomic mass is 35.5. The summed E-state index contributed by atoms with van der Waals surface area (Å²) in [7, 11) is 0. The predicted octanol–water partition coefficient (Wildman–Crippen LogP) is 3.92. The van der Waals surface area contributed by atoms with Gasteiger partial charge in [0.05, 0.1) is 5.92 Å². The standard InChI is InChI=1S/C19H21ClN4O2/c20-14-3-5-16(6-4-14)23-19(26)24-17-9-7-15(8-10-17)22-18(25)13-2-1-11-21-12-13/h3-10,13,21H,1-2,11-12H2,(H,22,25)(H2,23,24,26). The third-order valence-electron chi connectivity index (χ3n) is 4.18. The van der Waals surface area contributed by atoms with Crippen LogP contribution in [0.25, 0.3) is 0 Å². The molecule has 1 unspecified atom stereocenters. The molecular weight excluding hydrogens is 352 g/mol. The van der Waals surface area contributed by atoms with Crippen molar-refractivity contribution in [1.29, 1.82) is 0 Å². The molecule has 4 N–H and O–H groups in total. The second-order valence-electron chi connectivity index (χ2n) is 6.20. The first kappa shape index (κ1) is 18.2. The van der Waals surface area contributed by atoms with Crippen molar-refractivity contribution in [2.75, 3.05) is 29.0 Å². The fourth-order valence-electron chi connectivity index (χ4n) is 2.78. The number of urea groups is 1. The average molecular weight is 373 g/mol. The minimum absolute atomic E-state index is 0.00621. The molecule has 2 aromatic rings. The van der Waals surface area contributed by atoms with E-state index in [2.05, 4.69) is 21.3 Å². The van der Waals surface area contributed by atoms with Gasteiger partial charge in [0.25, 0.3) is 0 Å². The minimum atomic E-state index is -0.350. The van der Waals surface area contributed by atoms with Gasteiger partial charge in [0.15, 0.2) is 0 Å². The quantitative estimate of drug-likeness (QED) is 0.656. The summed E-state index contributed by atoms with van der Waals surface area (Å²) in [4.78, 5) is 24.2. The number of hydrogen-bond acceptors (Lipinski definition) is 3. The Morgan fingerprint density at radius 3 is 1.96 bits per heavy atom. The molecule has 1 saturated heterocycles. The number of piperidine rings is 1. The Kier molecular flexibility index (Phi) is 6.09. The van der Waals surface area contributed by atoms with Crippen molar-refractivity contribution in [1.82, 2.24) is 5.32 Å². The Bertz CT molecular complexity index is 756. The van der Waals surface area contributed by atoms with E-state index in [1.165, 1.54) is 0 Å². The number of benzene rings is 2. The molecule has 0 spiro atoms. The van der Waals surface area contributed by atoms with Crippen molar-refractivity contribution in [3.05, 3.63) is 53.6 Å². The van der Waals surface area contributed by atoms with Crippen LogP contribution in [0.1, 0.15) is 12.8 Å². The van der Waals surface area contributed by atoms with E-state index in [9.17, 15) is 9.59 Å². The van der Waals surface area contributed by atoms with Crippen LogP contribution in [0.15, 0.2) is 48.5 Å². The molecule has 136 valence electrons. The number of carbonyl (C=O) groups is 2. The van der Waals surface area contributed by atoms with Crippen LogP contribution in [-0.4, -0.2) is 25.0 Å². The van der Waals surface area contributed by atoms with E-state index < -0.39 is 0 Å². The number of anilines is 3. The summed E-state index contributed by atoms with van der Waals surface area (Å²) in [6.45, 7) is 1.69. The number of hydrogen-bond donors (Lipinski definition) is 4. The topological polar surface area (TPSA) is 82.3 Å². The molecule has 0 radical (unpaired) electrons. The van der Waals surface area contributed by atoms with E-state index in [0.717, 1.165) is 25.9 Å². The van der Waals surface area contributed by atoms with E-state index in [4.69, 9.17) is 11.6 Å². The highest BCUT2D eigenvalue weighted by molar-refractivity contribution is 6.30. The highest BCUT2D eigenvalue weighted by Gasteiger charge is 2.20. The lowest BCUT2D eigenvalue weighted by molar-refractivity contribution is -0.120. The second kappa shape index (κ2) is 8.69. The summed E-state index contributed by atoms with van der Waals surface area (Å²) in [5.74, 6) is 0.0325. The molecule has 3 rings (SSSR count). The fraction of sp³-hybridized carbons (Fsp3) is 0.263. The lowest BCUT2D eigenvalue weighted by atomic mass is 9.99. The molecule has 3 amide bonds. The van der Waals surface area contributed by atoms with Crippen molar-refractivity contribution >= 4 is 40.6 Å². The van der Waals surface area contributed by atoms with E-state index in [1.807, 2.05) is 0 Å². The molecule has 0 aromatic heterocycles. The number of amides is 3. The summed E-state index contributed by atoms with van der Waals surface area (Å²) in [5.41, 5.74) is 2.00. The molecule has 1 fully saturated rings. The maximum absolute atomic E-state index is 12.2. The first-order valence-electron chi connectivity index (χ1n) is 8.55. The van der Waals surface area contributed by atoms with Gasteiger partial charge in [0.1, 0.15) is 0 Å². The molecule has 7 heteroatoms. The van der Waals surface area contributed by atoms with Crippen LogP contribution >= 0.6 is 11.6 Å².